The van der Waals surface area contributed by atoms with Gasteiger partial charge in [0.05, 0.1) is 6.61 Å². The molecule has 1 unspecified atom stereocenters. The van der Waals surface area contributed by atoms with Crippen molar-refractivity contribution in [3.63, 3.8) is 0 Å². The van der Waals surface area contributed by atoms with Gasteiger partial charge in [0.25, 0.3) is 0 Å². The molecule has 1 aromatic rings. The molecule has 0 heterocycles. The van der Waals surface area contributed by atoms with Crippen LogP contribution in [0.5, 0.6) is 0 Å². The van der Waals surface area contributed by atoms with Gasteiger partial charge in [-0.05, 0) is 18.6 Å². The van der Waals surface area contributed by atoms with E-state index in [1.807, 2.05) is 0 Å². The van der Waals surface area contributed by atoms with E-state index >= 15 is 0 Å². The minimum atomic E-state index is 0.856. The van der Waals surface area contributed by atoms with Crippen LogP contribution in [0.1, 0.15) is 11.1 Å². The first-order valence-electron chi connectivity index (χ1n) is 4.78. The predicted molar refractivity (Wildman–Crippen MR) is 65.3 cm³/mol. The van der Waals surface area contributed by atoms with Crippen molar-refractivity contribution in [1.29, 1.82) is 0 Å². The summed E-state index contributed by atoms with van der Waals surface area (Å²) in [5.41, 5.74) is 2.59. The molecule has 0 aromatic heterocycles. The van der Waals surface area contributed by atoms with Crippen LogP contribution in [-0.4, -0.2) is 19.9 Å². The van der Waals surface area contributed by atoms with E-state index in [0.717, 1.165) is 21.3 Å². The van der Waals surface area contributed by atoms with E-state index in [1.165, 1.54) is 11.1 Å². The third-order valence-electron chi connectivity index (χ3n) is 1.92. The first kappa shape index (κ1) is 11.4. The maximum atomic E-state index is 4.98. The van der Waals surface area contributed by atoms with Crippen LogP contribution in [0.3, 0.4) is 0 Å². The van der Waals surface area contributed by atoms with Crippen molar-refractivity contribution in [2.45, 2.75) is 6.92 Å². The van der Waals surface area contributed by atoms with E-state index in [0.29, 0.717) is 0 Å². The van der Waals surface area contributed by atoms with Gasteiger partial charge in [-0.3, -0.25) is 0 Å². The van der Waals surface area contributed by atoms with Crippen LogP contribution in [0.15, 0.2) is 30.1 Å². The van der Waals surface area contributed by atoms with Crippen LogP contribution in [0.25, 0.3) is 6.08 Å². The highest BCUT2D eigenvalue weighted by Crippen LogP contribution is 2.14. The van der Waals surface area contributed by atoms with Gasteiger partial charge in [0.2, 0.25) is 0 Å². The SMILES string of the molecule is COCCPC=Cc1ccc(C)cc1. The highest BCUT2D eigenvalue weighted by molar-refractivity contribution is 7.41. The fourth-order valence-electron chi connectivity index (χ4n) is 1.08. The fraction of sp³-hybridized carbons (Fsp3) is 0.333. The summed E-state index contributed by atoms with van der Waals surface area (Å²) in [5.74, 6) is 2.23. The lowest BCUT2D eigenvalue weighted by molar-refractivity contribution is 0.218. The van der Waals surface area contributed by atoms with Crippen LogP contribution >= 0.6 is 8.58 Å². The van der Waals surface area contributed by atoms with E-state index in [2.05, 4.69) is 43.1 Å². The van der Waals surface area contributed by atoms with Gasteiger partial charge in [-0.2, -0.15) is 0 Å². The second-order valence-electron chi connectivity index (χ2n) is 3.19. The van der Waals surface area contributed by atoms with E-state index in [4.69, 9.17) is 4.74 Å². The molecule has 0 fully saturated rings. The Balaban J connectivity index is 2.33. The second kappa shape index (κ2) is 6.75. The predicted octanol–water partition coefficient (Wildman–Crippen LogP) is 3.29. The molecule has 76 valence electrons. The zero-order chi connectivity index (χ0) is 10.2. The van der Waals surface area contributed by atoms with Crippen molar-refractivity contribution >= 4 is 14.7 Å². The number of aryl methyl sites for hydroxylation is 1. The third kappa shape index (κ3) is 4.55. The summed E-state index contributed by atoms with van der Waals surface area (Å²) >= 11 is 0. The van der Waals surface area contributed by atoms with E-state index in [-0.39, 0.29) is 0 Å². The molecule has 14 heavy (non-hydrogen) atoms. The average molecular weight is 208 g/mol. The molecular weight excluding hydrogens is 191 g/mol. The first-order chi connectivity index (χ1) is 6.83. The van der Waals surface area contributed by atoms with Crippen molar-refractivity contribution < 1.29 is 4.74 Å². The van der Waals surface area contributed by atoms with Gasteiger partial charge >= 0.3 is 0 Å². The van der Waals surface area contributed by atoms with E-state index in [9.17, 15) is 0 Å². The highest BCUT2D eigenvalue weighted by Gasteiger charge is 1.86. The summed E-state index contributed by atoms with van der Waals surface area (Å²) in [4.78, 5) is 0. The molecule has 1 aromatic carbocycles. The van der Waals surface area contributed by atoms with Crippen molar-refractivity contribution in [2.75, 3.05) is 19.9 Å². The number of ether oxygens (including phenoxy) is 1. The summed E-state index contributed by atoms with van der Waals surface area (Å²) in [6.45, 7) is 2.96. The van der Waals surface area contributed by atoms with Crippen molar-refractivity contribution in [3.8, 4) is 0 Å². The molecule has 0 spiro atoms. The molecule has 1 nitrogen and oxygen atoms in total. The largest absolute Gasteiger partial charge is 0.384 e. The first-order valence-corrected chi connectivity index (χ1v) is 6.07. The Bertz CT molecular complexity index is 277. The maximum absolute atomic E-state index is 4.98. The minimum absolute atomic E-state index is 0.856. The molecule has 0 amide bonds. The quantitative estimate of drug-likeness (QED) is 0.533. The summed E-state index contributed by atoms with van der Waals surface area (Å²) in [6, 6.07) is 8.56. The van der Waals surface area contributed by atoms with Crippen LogP contribution in [0.4, 0.5) is 0 Å². The summed E-state index contributed by atoms with van der Waals surface area (Å²) in [7, 11) is 2.60. The molecule has 0 saturated heterocycles. The molecule has 0 saturated carbocycles. The van der Waals surface area contributed by atoms with Crippen molar-refractivity contribution in [1.82, 2.24) is 0 Å². The smallest absolute Gasteiger partial charge is 0.0501 e. The van der Waals surface area contributed by atoms with Gasteiger partial charge < -0.3 is 4.74 Å². The number of methoxy groups -OCH3 is 1. The molecule has 0 bridgehead atoms. The Morgan fingerprint density at radius 2 is 2.00 bits per heavy atom. The molecule has 0 aliphatic heterocycles. The molecule has 0 N–H and O–H groups in total. The van der Waals surface area contributed by atoms with Gasteiger partial charge in [-0.25, -0.2) is 0 Å². The molecule has 0 radical (unpaired) electrons. The molecule has 0 aliphatic carbocycles. The molecule has 1 atom stereocenters. The van der Waals surface area contributed by atoms with Gasteiger partial charge in [-0.15, -0.1) is 0 Å². The molecular formula is C12H17OP. The number of hydrogen-bond donors (Lipinski definition) is 0. The topological polar surface area (TPSA) is 9.23 Å². The van der Waals surface area contributed by atoms with Crippen molar-refractivity contribution in [3.05, 3.63) is 41.2 Å². The normalized spacial score (nSPS) is 11.9. The van der Waals surface area contributed by atoms with E-state index < -0.39 is 0 Å². The molecule has 2 heteroatoms. The number of benzene rings is 1. The van der Waals surface area contributed by atoms with E-state index in [1.54, 1.807) is 7.11 Å². The average Bonchev–Trinajstić information content (AvgIpc) is 2.21. The van der Waals surface area contributed by atoms with Crippen LogP contribution in [-0.2, 0) is 4.74 Å². The fourth-order valence-corrected chi connectivity index (χ4v) is 1.88. The zero-order valence-electron chi connectivity index (χ0n) is 8.79. The Kier molecular flexibility index (Phi) is 5.51. The lowest BCUT2D eigenvalue weighted by atomic mass is 10.2. The van der Waals surface area contributed by atoms with Crippen LogP contribution in [0, 0.1) is 6.92 Å². The van der Waals surface area contributed by atoms with Gasteiger partial charge in [0.1, 0.15) is 0 Å². The lowest BCUT2D eigenvalue weighted by Gasteiger charge is -1.96. The van der Waals surface area contributed by atoms with Gasteiger partial charge in [-0.1, -0.05) is 50.3 Å². The minimum Gasteiger partial charge on any atom is -0.384 e. The molecule has 1 rings (SSSR count). The number of rotatable bonds is 5. The Morgan fingerprint density at radius 3 is 2.64 bits per heavy atom. The summed E-state index contributed by atoms with van der Waals surface area (Å²) in [6.07, 6.45) is 3.30. The summed E-state index contributed by atoms with van der Waals surface area (Å²) in [5, 5.41) is 0. The van der Waals surface area contributed by atoms with Gasteiger partial charge in [0.15, 0.2) is 0 Å². The number of hydrogen-bond acceptors (Lipinski definition) is 1. The lowest BCUT2D eigenvalue weighted by Crippen LogP contribution is -1.87. The van der Waals surface area contributed by atoms with Crippen molar-refractivity contribution in [2.24, 2.45) is 0 Å². The van der Waals surface area contributed by atoms with Gasteiger partial charge in [0, 0.05) is 7.11 Å². The Labute approximate surface area is 88.0 Å². The Morgan fingerprint density at radius 1 is 1.29 bits per heavy atom. The standard InChI is InChI=1S/C12H17OP/c1-11-3-5-12(6-4-11)7-9-14-10-8-13-2/h3-7,9,14H,8,10H2,1-2H3. The maximum Gasteiger partial charge on any atom is 0.0501 e. The second-order valence-corrected chi connectivity index (χ2v) is 4.43. The van der Waals surface area contributed by atoms with Crippen LogP contribution < -0.4 is 0 Å². The van der Waals surface area contributed by atoms with Crippen LogP contribution in [0.2, 0.25) is 0 Å². The highest BCUT2D eigenvalue weighted by atomic mass is 31.1. The monoisotopic (exact) mass is 208 g/mol. The zero-order valence-corrected chi connectivity index (χ0v) is 9.79. The summed E-state index contributed by atoms with van der Waals surface area (Å²) < 4.78 is 4.98. The molecule has 0 aliphatic rings. The Hall–Kier alpha value is -0.650. The third-order valence-corrected chi connectivity index (χ3v) is 2.82.